The summed E-state index contributed by atoms with van der Waals surface area (Å²) < 4.78 is 11.4. The Labute approximate surface area is 164 Å². The van der Waals surface area contributed by atoms with E-state index in [1.807, 2.05) is 31.2 Å². The van der Waals surface area contributed by atoms with Gasteiger partial charge in [0.05, 0.1) is 11.6 Å². The van der Waals surface area contributed by atoms with E-state index in [0.29, 0.717) is 22.8 Å². The molecule has 0 heterocycles. The molecule has 0 saturated carbocycles. The highest BCUT2D eigenvalue weighted by Crippen LogP contribution is 2.24. The summed E-state index contributed by atoms with van der Waals surface area (Å²) >= 11 is 0. The summed E-state index contributed by atoms with van der Waals surface area (Å²) in [5.41, 5.74) is 2.39. The molecule has 0 radical (unpaired) electrons. The normalized spacial score (nSPS) is 11.2. The minimum Gasteiger partial charge on any atom is -0.481 e. The van der Waals surface area contributed by atoms with Gasteiger partial charge in [0.25, 0.3) is 5.91 Å². The van der Waals surface area contributed by atoms with Crippen LogP contribution in [0.25, 0.3) is 0 Å². The molecule has 1 atom stereocenters. The first kappa shape index (κ1) is 19.0. The van der Waals surface area contributed by atoms with Gasteiger partial charge in [0.15, 0.2) is 6.10 Å². The molecule has 3 rings (SSSR count). The summed E-state index contributed by atoms with van der Waals surface area (Å²) in [4.78, 5) is 12.3. The Morgan fingerprint density at radius 3 is 2.18 bits per heavy atom. The number of ether oxygens (including phenoxy) is 2. The summed E-state index contributed by atoms with van der Waals surface area (Å²) in [6.45, 7) is 3.67. The predicted molar refractivity (Wildman–Crippen MR) is 108 cm³/mol. The third kappa shape index (κ3) is 5.12. The summed E-state index contributed by atoms with van der Waals surface area (Å²) in [7, 11) is 0. The van der Waals surface area contributed by atoms with Gasteiger partial charge in [-0.2, -0.15) is 5.26 Å². The first-order valence-corrected chi connectivity index (χ1v) is 8.86. The minimum atomic E-state index is -0.647. The second-order valence-corrected chi connectivity index (χ2v) is 6.33. The van der Waals surface area contributed by atoms with Gasteiger partial charge in [-0.15, -0.1) is 0 Å². The molecular weight excluding hydrogens is 352 g/mol. The molecule has 3 aromatic rings. The zero-order chi connectivity index (χ0) is 19.9. The van der Waals surface area contributed by atoms with E-state index in [1.54, 1.807) is 55.5 Å². The number of anilines is 1. The van der Waals surface area contributed by atoms with E-state index < -0.39 is 6.10 Å². The Balaban J connectivity index is 1.57. The standard InChI is InChI=1S/C23H20N2O3/c1-16-4-3-5-19(14-16)25-23(26)17(2)27-20-10-12-22(13-11-20)28-21-8-6-18(15-24)7-9-21/h3-14,17H,1-2H3,(H,25,26). The van der Waals surface area contributed by atoms with Crippen molar-refractivity contribution < 1.29 is 14.3 Å². The second-order valence-electron chi connectivity index (χ2n) is 6.33. The molecule has 3 aromatic carbocycles. The van der Waals surface area contributed by atoms with Crippen LogP contribution in [-0.2, 0) is 4.79 Å². The summed E-state index contributed by atoms with van der Waals surface area (Å²) in [6.07, 6.45) is -0.647. The van der Waals surface area contributed by atoms with Crippen molar-refractivity contribution in [2.24, 2.45) is 0 Å². The molecule has 1 N–H and O–H groups in total. The van der Waals surface area contributed by atoms with Gasteiger partial charge in [0, 0.05) is 5.69 Å². The Morgan fingerprint density at radius 2 is 1.57 bits per heavy atom. The quantitative estimate of drug-likeness (QED) is 0.656. The lowest BCUT2D eigenvalue weighted by Gasteiger charge is -2.15. The van der Waals surface area contributed by atoms with E-state index in [1.165, 1.54) is 0 Å². The largest absolute Gasteiger partial charge is 0.481 e. The van der Waals surface area contributed by atoms with E-state index in [9.17, 15) is 4.79 Å². The van der Waals surface area contributed by atoms with Gasteiger partial charge >= 0.3 is 0 Å². The van der Waals surface area contributed by atoms with Gasteiger partial charge in [-0.25, -0.2) is 0 Å². The first-order valence-electron chi connectivity index (χ1n) is 8.86. The van der Waals surface area contributed by atoms with Crippen LogP contribution in [0, 0.1) is 18.3 Å². The Kier molecular flexibility index (Phi) is 5.93. The average Bonchev–Trinajstić information content (AvgIpc) is 2.70. The SMILES string of the molecule is Cc1cccc(NC(=O)C(C)Oc2ccc(Oc3ccc(C#N)cc3)cc2)c1. The summed E-state index contributed by atoms with van der Waals surface area (Å²) in [6, 6.07) is 23.6. The maximum Gasteiger partial charge on any atom is 0.265 e. The third-order valence-corrected chi connectivity index (χ3v) is 4.01. The van der Waals surface area contributed by atoms with Gasteiger partial charge in [-0.1, -0.05) is 12.1 Å². The third-order valence-electron chi connectivity index (χ3n) is 4.01. The molecule has 0 aromatic heterocycles. The molecule has 0 saturated heterocycles. The number of hydrogen-bond donors (Lipinski definition) is 1. The molecule has 5 heteroatoms. The molecule has 0 aliphatic rings. The number of carbonyl (C=O) groups excluding carboxylic acids is 1. The molecule has 140 valence electrons. The molecule has 0 aliphatic carbocycles. The summed E-state index contributed by atoms with van der Waals surface area (Å²) in [5.74, 6) is 1.62. The Morgan fingerprint density at radius 1 is 0.964 bits per heavy atom. The maximum atomic E-state index is 12.3. The topological polar surface area (TPSA) is 71.3 Å². The van der Waals surface area contributed by atoms with Crippen molar-refractivity contribution >= 4 is 11.6 Å². The lowest BCUT2D eigenvalue weighted by molar-refractivity contribution is -0.122. The van der Waals surface area contributed by atoms with E-state index in [4.69, 9.17) is 14.7 Å². The molecule has 5 nitrogen and oxygen atoms in total. The van der Waals surface area contributed by atoms with Crippen LogP contribution in [0.5, 0.6) is 17.2 Å². The average molecular weight is 372 g/mol. The van der Waals surface area contributed by atoms with Crippen LogP contribution in [-0.4, -0.2) is 12.0 Å². The van der Waals surface area contributed by atoms with E-state index in [2.05, 4.69) is 11.4 Å². The number of nitriles is 1. The fraction of sp³-hybridized carbons (Fsp3) is 0.130. The fourth-order valence-corrected chi connectivity index (χ4v) is 2.54. The van der Waals surface area contributed by atoms with Crippen molar-refractivity contribution in [2.75, 3.05) is 5.32 Å². The van der Waals surface area contributed by atoms with Gasteiger partial charge in [0.1, 0.15) is 17.2 Å². The molecule has 0 aliphatic heterocycles. The number of benzene rings is 3. The van der Waals surface area contributed by atoms with Crippen molar-refractivity contribution in [2.45, 2.75) is 20.0 Å². The van der Waals surface area contributed by atoms with Gasteiger partial charge < -0.3 is 14.8 Å². The molecule has 1 unspecified atom stereocenters. The van der Waals surface area contributed by atoms with Crippen molar-refractivity contribution in [1.29, 1.82) is 5.26 Å². The molecule has 28 heavy (non-hydrogen) atoms. The van der Waals surface area contributed by atoms with Crippen LogP contribution in [0.1, 0.15) is 18.1 Å². The van der Waals surface area contributed by atoms with Gasteiger partial charge in [-0.3, -0.25) is 4.79 Å². The fourth-order valence-electron chi connectivity index (χ4n) is 2.54. The van der Waals surface area contributed by atoms with Crippen molar-refractivity contribution in [3.63, 3.8) is 0 Å². The monoisotopic (exact) mass is 372 g/mol. The van der Waals surface area contributed by atoms with Crippen LogP contribution in [0.3, 0.4) is 0 Å². The molecule has 0 bridgehead atoms. The first-order chi connectivity index (χ1) is 13.5. The summed E-state index contributed by atoms with van der Waals surface area (Å²) in [5, 5.41) is 11.7. The zero-order valence-electron chi connectivity index (χ0n) is 15.7. The number of aryl methyl sites for hydroxylation is 1. The Hall–Kier alpha value is -3.78. The predicted octanol–water partition coefficient (Wildman–Crippen LogP) is 5.07. The Bertz CT molecular complexity index is 990. The maximum absolute atomic E-state index is 12.3. The number of carbonyl (C=O) groups is 1. The van der Waals surface area contributed by atoms with Gasteiger partial charge in [-0.05, 0) is 80.1 Å². The van der Waals surface area contributed by atoms with Gasteiger partial charge in [0.2, 0.25) is 0 Å². The van der Waals surface area contributed by atoms with Crippen molar-refractivity contribution in [3.8, 4) is 23.3 Å². The number of nitrogens with zero attached hydrogens (tertiary/aromatic N) is 1. The van der Waals surface area contributed by atoms with Crippen LogP contribution >= 0.6 is 0 Å². The minimum absolute atomic E-state index is 0.219. The number of nitrogens with one attached hydrogen (secondary N) is 1. The van der Waals surface area contributed by atoms with Crippen molar-refractivity contribution in [3.05, 3.63) is 83.9 Å². The van der Waals surface area contributed by atoms with E-state index in [0.717, 1.165) is 11.3 Å². The number of hydrogen-bond acceptors (Lipinski definition) is 4. The number of amides is 1. The highest BCUT2D eigenvalue weighted by Gasteiger charge is 2.15. The number of rotatable bonds is 6. The van der Waals surface area contributed by atoms with Crippen LogP contribution in [0.15, 0.2) is 72.8 Å². The van der Waals surface area contributed by atoms with Crippen molar-refractivity contribution in [1.82, 2.24) is 0 Å². The highest BCUT2D eigenvalue weighted by molar-refractivity contribution is 5.94. The lowest BCUT2D eigenvalue weighted by Crippen LogP contribution is -2.30. The zero-order valence-corrected chi connectivity index (χ0v) is 15.7. The molecule has 1 amide bonds. The second kappa shape index (κ2) is 8.74. The molecule has 0 fully saturated rings. The smallest absolute Gasteiger partial charge is 0.265 e. The van der Waals surface area contributed by atoms with Crippen LogP contribution in [0.4, 0.5) is 5.69 Å². The van der Waals surface area contributed by atoms with E-state index in [-0.39, 0.29) is 5.91 Å². The highest BCUT2D eigenvalue weighted by atomic mass is 16.5. The molecular formula is C23H20N2O3. The molecule has 0 spiro atoms. The van der Waals surface area contributed by atoms with Crippen LogP contribution in [0.2, 0.25) is 0 Å². The lowest BCUT2D eigenvalue weighted by atomic mass is 10.2. The van der Waals surface area contributed by atoms with E-state index >= 15 is 0 Å². The van der Waals surface area contributed by atoms with Crippen LogP contribution < -0.4 is 14.8 Å².